The molecule has 7 nitrogen and oxygen atoms in total. The van der Waals surface area contributed by atoms with Crippen LogP contribution in [0.1, 0.15) is 15.9 Å². The Bertz CT molecular complexity index is 1540. The second-order valence-electron chi connectivity index (χ2n) is 8.56. The lowest BCUT2D eigenvalue weighted by atomic mass is 10.0. The highest BCUT2D eigenvalue weighted by atomic mass is 16.5. The predicted octanol–water partition coefficient (Wildman–Crippen LogP) is 4.73. The molecule has 0 aliphatic rings. The maximum absolute atomic E-state index is 13.5. The van der Waals surface area contributed by atoms with Crippen molar-refractivity contribution in [1.29, 1.82) is 0 Å². The van der Waals surface area contributed by atoms with Crippen molar-refractivity contribution in [3.8, 4) is 22.8 Å². The Morgan fingerprint density at radius 2 is 1.72 bits per heavy atom. The van der Waals surface area contributed by atoms with Crippen molar-refractivity contribution in [2.45, 2.75) is 12.5 Å². The molecule has 0 aliphatic heterocycles. The lowest BCUT2D eigenvalue weighted by Crippen LogP contribution is -2.39. The van der Waals surface area contributed by atoms with Crippen molar-refractivity contribution in [2.24, 2.45) is 0 Å². The Labute approximate surface area is 208 Å². The summed E-state index contributed by atoms with van der Waals surface area (Å²) in [7, 11) is 3.17. The fraction of sp³-hybridized carbons (Fsp3) is 0.172. The summed E-state index contributed by atoms with van der Waals surface area (Å²) in [6.45, 7) is -0.184. The number of amides is 1. The first-order valence-electron chi connectivity index (χ1n) is 11.7. The van der Waals surface area contributed by atoms with E-state index in [0.29, 0.717) is 34.7 Å². The minimum atomic E-state index is -0.451. The van der Waals surface area contributed by atoms with Gasteiger partial charge >= 0.3 is 0 Å². The number of nitrogens with one attached hydrogen (secondary N) is 2. The number of hydrogen-bond acceptors (Lipinski definition) is 5. The average molecular weight is 482 g/mol. The molecule has 0 saturated heterocycles. The van der Waals surface area contributed by atoms with Crippen LogP contribution in [-0.2, 0) is 6.42 Å². The van der Waals surface area contributed by atoms with Gasteiger partial charge in [0.05, 0.1) is 43.6 Å². The van der Waals surface area contributed by atoms with Gasteiger partial charge in [0.25, 0.3) is 5.91 Å². The molecule has 2 heterocycles. The highest BCUT2D eigenvalue weighted by Crippen LogP contribution is 2.33. The second kappa shape index (κ2) is 10.1. The maximum Gasteiger partial charge on any atom is 0.252 e. The van der Waals surface area contributed by atoms with Gasteiger partial charge in [-0.3, -0.25) is 4.79 Å². The van der Waals surface area contributed by atoms with Gasteiger partial charge in [0, 0.05) is 28.0 Å². The summed E-state index contributed by atoms with van der Waals surface area (Å²) in [6, 6.07) is 22.4. The van der Waals surface area contributed by atoms with E-state index in [2.05, 4.69) is 10.3 Å². The Kier molecular flexibility index (Phi) is 6.56. The van der Waals surface area contributed by atoms with Gasteiger partial charge in [-0.05, 0) is 48.4 Å². The van der Waals surface area contributed by atoms with E-state index in [1.807, 2.05) is 72.9 Å². The van der Waals surface area contributed by atoms with Crippen LogP contribution in [0, 0.1) is 0 Å². The van der Waals surface area contributed by atoms with Gasteiger partial charge in [0.2, 0.25) is 0 Å². The molecule has 5 aromatic rings. The molecule has 1 amide bonds. The van der Waals surface area contributed by atoms with E-state index in [1.165, 1.54) is 0 Å². The number of H-pyrrole nitrogens is 1. The fourth-order valence-electron chi connectivity index (χ4n) is 4.50. The van der Waals surface area contributed by atoms with E-state index in [1.54, 1.807) is 20.3 Å². The molecular formula is C29H27N3O4. The summed E-state index contributed by atoms with van der Waals surface area (Å²) in [5.74, 6) is 0.923. The predicted molar refractivity (Wildman–Crippen MR) is 141 cm³/mol. The first-order chi connectivity index (χ1) is 17.6. The van der Waals surface area contributed by atoms with Crippen LogP contribution in [0.3, 0.4) is 0 Å². The van der Waals surface area contributed by atoms with Crippen molar-refractivity contribution < 1.29 is 19.4 Å². The van der Waals surface area contributed by atoms with E-state index < -0.39 is 6.04 Å². The van der Waals surface area contributed by atoms with E-state index in [4.69, 9.17) is 14.5 Å². The summed E-state index contributed by atoms with van der Waals surface area (Å²) in [4.78, 5) is 21.6. The number of para-hydroxylation sites is 2. The summed E-state index contributed by atoms with van der Waals surface area (Å²) in [5, 5.41) is 14.9. The van der Waals surface area contributed by atoms with E-state index in [0.717, 1.165) is 27.4 Å². The van der Waals surface area contributed by atoms with Gasteiger partial charge in [-0.2, -0.15) is 0 Å². The second-order valence-corrected chi connectivity index (χ2v) is 8.56. The van der Waals surface area contributed by atoms with Crippen molar-refractivity contribution in [3.05, 3.63) is 90.1 Å². The number of carbonyl (C=O) groups is 1. The van der Waals surface area contributed by atoms with E-state index in [9.17, 15) is 9.90 Å². The number of aromatic nitrogens is 2. The molecule has 0 aliphatic carbocycles. The number of aromatic amines is 1. The smallest absolute Gasteiger partial charge is 0.252 e. The lowest BCUT2D eigenvalue weighted by molar-refractivity contribution is 0.0918. The van der Waals surface area contributed by atoms with Crippen LogP contribution in [0.25, 0.3) is 33.1 Å². The molecule has 0 bridgehead atoms. The van der Waals surface area contributed by atoms with Gasteiger partial charge in [-0.25, -0.2) is 4.98 Å². The number of aliphatic hydroxyl groups is 1. The maximum atomic E-state index is 13.5. The number of pyridine rings is 1. The molecule has 7 heteroatoms. The van der Waals surface area contributed by atoms with Crippen molar-refractivity contribution in [3.63, 3.8) is 0 Å². The number of rotatable bonds is 8. The zero-order valence-electron chi connectivity index (χ0n) is 20.1. The van der Waals surface area contributed by atoms with Gasteiger partial charge in [-0.15, -0.1) is 0 Å². The third-order valence-corrected chi connectivity index (χ3v) is 6.34. The third kappa shape index (κ3) is 4.48. The minimum Gasteiger partial charge on any atom is -0.493 e. The quantitative estimate of drug-likeness (QED) is 0.298. The van der Waals surface area contributed by atoms with Crippen LogP contribution in [0.2, 0.25) is 0 Å². The summed E-state index contributed by atoms with van der Waals surface area (Å²) in [6.07, 6.45) is 2.42. The normalized spacial score (nSPS) is 12.0. The molecule has 3 N–H and O–H groups in total. The van der Waals surface area contributed by atoms with Crippen molar-refractivity contribution in [2.75, 3.05) is 20.8 Å². The van der Waals surface area contributed by atoms with Gasteiger partial charge in [0.15, 0.2) is 11.5 Å². The highest BCUT2D eigenvalue weighted by Gasteiger charge is 2.19. The zero-order valence-corrected chi connectivity index (χ0v) is 20.1. The number of hydrogen-bond donors (Lipinski definition) is 3. The minimum absolute atomic E-state index is 0.184. The largest absolute Gasteiger partial charge is 0.493 e. The van der Waals surface area contributed by atoms with Gasteiger partial charge in [0.1, 0.15) is 0 Å². The molecule has 182 valence electrons. The number of ether oxygens (including phenoxy) is 2. The molecule has 3 aromatic carbocycles. The number of fused-ring (bicyclic) bond motifs is 2. The Balaban J connectivity index is 1.48. The fourth-order valence-corrected chi connectivity index (χ4v) is 4.50. The molecule has 1 atom stereocenters. The zero-order chi connectivity index (χ0) is 25.1. The SMILES string of the molecule is COc1ccc(-c2cc(C(=O)N[C@H](CO)Cc3c[nH]c4ccccc34)c3ccccc3n2)cc1OC. The van der Waals surface area contributed by atoms with E-state index in [-0.39, 0.29) is 12.5 Å². The van der Waals surface area contributed by atoms with Crippen LogP contribution in [0.4, 0.5) is 0 Å². The van der Waals surface area contributed by atoms with Crippen molar-refractivity contribution in [1.82, 2.24) is 15.3 Å². The molecule has 0 spiro atoms. The molecule has 0 saturated carbocycles. The topological polar surface area (TPSA) is 96.5 Å². The molecular weight excluding hydrogens is 454 g/mol. The Hall–Kier alpha value is -4.36. The first-order valence-corrected chi connectivity index (χ1v) is 11.7. The number of aliphatic hydroxyl groups excluding tert-OH is 1. The van der Waals surface area contributed by atoms with Gasteiger partial charge in [-0.1, -0.05) is 36.4 Å². The van der Waals surface area contributed by atoms with Crippen LogP contribution in [0.15, 0.2) is 79.0 Å². The summed E-state index contributed by atoms with van der Waals surface area (Å²) < 4.78 is 10.8. The van der Waals surface area contributed by atoms with Crippen molar-refractivity contribution >= 4 is 27.7 Å². The lowest BCUT2D eigenvalue weighted by Gasteiger charge is -2.18. The molecule has 0 radical (unpaired) electrons. The van der Waals surface area contributed by atoms with Crippen LogP contribution < -0.4 is 14.8 Å². The first kappa shape index (κ1) is 23.4. The molecule has 36 heavy (non-hydrogen) atoms. The summed E-state index contributed by atoms with van der Waals surface area (Å²) >= 11 is 0. The number of carbonyl (C=O) groups excluding carboxylic acids is 1. The number of benzene rings is 3. The monoisotopic (exact) mass is 481 g/mol. The molecule has 0 unspecified atom stereocenters. The summed E-state index contributed by atoms with van der Waals surface area (Å²) in [5.41, 5.74) is 4.68. The average Bonchev–Trinajstić information content (AvgIpc) is 3.34. The van der Waals surface area contributed by atoms with Crippen LogP contribution in [0.5, 0.6) is 11.5 Å². The van der Waals surface area contributed by atoms with Crippen LogP contribution >= 0.6 is 0 Å². The highest BCUT2D eigenvalue weighted by molar-refractivity contribution is 6.07. The molecule has 5 rings (SSSR count). The van der Waals surface area contributed by atoms with Gasteiger partial charge < -0.3 is 24.9 Å². The van der Waals surface area contributed by atoms with Crippen LogP contribution in [-0.4, -0.2) is 47.8 Å². The third-order valence-electron chi connectivity index (χ3n) is 6.34. The Morgan fingerprint density at radius 3 is 2.50 bits per heavy atom. The molecule has 0 fully saturated rings. The number of methoxy groups -OCH3 is 2. The Morgan fingerprint density at radius 1 is 0.972 bits per heavy atom. The standard InChI is InChI=1S/C29H27N3O4/c1-35-27-12-11-18(14-28(27)36-2)26-15-23(22-8-4-6-10-25(22)32-26)29(34)31-20(17-33)13-19-16-30-24-9-5-3-7-21(19)24/h3-12,14-16,20,30,33H,13,17H2,1-2H3,(H,31,34)/t20-/m0/s1. The molecule has 2 aromatic heterocycles. The number of nitrogens with zero attached hydrogens (tertiary/aromatic N) is 1. The van der Waals surface area contributed by atoms with E-state index >= 15 is 0 Å².